The van der Waals surface area contributed by atoms with E-state index in [1.165, 1.54) is 9.47 Å². The Morgan fingerprint density at radius 2 is 1.94 bits per heavy atom. The molecule has 3 heterocycles. The monoisotopic (exact) mass is 489 g/mol. The first-order valence-corrected chi connectivity index (χ1v) is 12.0. The first-order chi connectivity index (χ1) is 15.7. The molecule has 1 amide bonds. The number of amides is 1. The van der Waals surface area contributed by atoms with E-state index < -0.39 is 5.97 Å². The van der Waals surface area contributed by atoms with Crippen LogP contribution in [0.3, 0.4) is 0 Å². The number of aliphatic carboxylic acids is 1. The first-order valence-electron chi connectivity index (χ1n) is 10.8. The van der Waals surface area contributed by atoms with Crippen LogP contribution in [0, 0.1) is 18.3 Å². The van der Waals surface area contributed by atoms with Crippen molar-refractivity contribution in [3.8, 4) is 6.07 Å². The molecule has 0 spiro atoms. The fourth-order valence-electron chi connectivity index (χ4n) is 4.08. The predicted octanol–water partition coefficient (Wildman–Crippen LogP) is 1.77. The van der Waals surface area contributed by atoms with E-state index in [1.54, 1.807) is 20.0 Å². The minimum absolute atomic E-state index is 0.0462. The number of anilines is 1. The second kappa shape index (κ2) is 10.5. The summed E-state index contributed by atoms with van der Waals surface area (Å²) in [6.07, 6.45) is 1.97. The van der Waals surface area contributed by atoms with Gasteiger partial charge in [-0.15, -0.1) is 0 Å². The second-order valence-electron chi connectivity index (χ2n) is 7.97. The lowest BCUT2D eigenvalue weighted by molar-refractivity contribution is -0.137. The van der Waals surface area contributed by atoms with Crippen LogP contribution in [0.4, 0.5) is 5.82 Å². The number of thioether (sulfide) groups is 1. The lowest BCUT2D eigenvalue weighted by Crippen LogP contribution is -2.48. The normalized spacial score (nSPS) is 18.3. The number of carboxylic acid groups (broad SMARTS) is 1. The van der Waals surface area contributed by atoms with Crippen LogP contribution in [0.1, 0.15) is 36.5 Å². The summed E-state index contributed by atoms with van der Waals surface area (Å²) in [5, 5.41) is 18.5. The predicted molar refractivity (Wildman–Crippen MR) is 132 cm³/mol. The minimum Gasteiger partial charge on any atom is -0.481 e. The third-order valence-corrected chi connectivity index (χ3v) is 7.39. The van der Waals surface area contributed by atoms with E-state index in [-0.39, 0.29) is 30.0 Å². The van der Waals surface area contributed by atoms with Crippen molar-refractivity contribution >= 4 is 52.1 Å². The molecular weight excluding hydrogens is 462 g/mol. The van der Waals surface area contributed by atoms with Crippen molar-refractivity contribution in [3.05, 3.63) is 31.9 Å². The van der Waals surface area contributed by atoms with Crippen molar-refractivity contribution < 1.29 is 14.7 Å². The van der Waals surface area contributed by atoms with Gasteiger partial charge in [-0.1, -0.05) is 30.9 Å². The molecule has 0 atom stereocenters. The van der Waals surface area contributed by atoms with Crippen LogP contribution in [0.5, 0.6) is 0 Å². The highest BCUT2D eigenvalue weighted by Crippen LogP contribution is 2.36. The maximum absolute atomic E-state index is 13.0. The number of likely N-dealkylation sites (N-methyl/N-ethyl adjacent to an activating group) is 1. The molecule has 2 fully saturated rings. The van der Waals surface area contributed by atoms with Crippen LogP contribution in [0.2, 0.25) is 0 Å². The molecule has 2 aliphatic heterocycles. The van der Waals surface area contributed by atoms with Crippen LogP contribution in [-0.4, -0.2) is 74.9 Å². The van der Waals surface area contributed by atoms with E-state index in [9.17, 15) is 19.6 Å². The van der Waals surface area contributed by atoms with E-state index in [2.05, 4.69) is 16.7 Å². The fourth-order valence-corrected chi connectivity index (χ4v) is 5.37. The molecular formula is C22H27N5O4S2. The number of pyridine rings is 1. The number of aromatic nitrogens is 1. The Labute approximate surface area is 202 Å². The highest BCUT2D eigenvalue weighted by Gasteiger charge is 2.33. The van der Waals surface area contributed by atoms with Gasteiger partial charge in [0.1, 0.15) is 21.8 Å². The lowest BCUT2D eigenvalue weighted by Gasteiger charge is -2.37. The van der Waals surface area contributed by atoms with Crippen molar-refractivity contribution in [3.63, 3.8) is 0 Å². The maximum atomic E-state index is 13.0. The van der Waals surface area contributed by atoms with Crippen molar-refractivity contribution in [2.24, 2.45) is 7.05 Å². The summed E-state index contributed by atoms with van der Waals surface area (Å²) < 4.78 is 1.87. The van der Waals surface area contributed by atoms with Gasteiger partial charge in [0.2, 0.25) is 0 Å². The average molecular weight is 490 g/mol. The van der Waals surface area contributed by atoms with E-state index in [0.29, 0.717) is 32.6 Å². The summed E-state index contributed by atoms with van der Waals surface area (Å²) in [5.41, 5.74) is 0.882. The Morgan fingerprint density at radius 3 is 2.52 bits per heavy atom. The number of rotatable bonds is 7. The van der Waals surface area contributed by atoms with Crippen molar-refractivity contribution in [1.82, 2.24) is 14.4 Å². The quantitative estimate of drug-likeness (QED) is 0.453. The molecule has 0 aliphatic carbocycles. The number of carbonyl (C=O) groups is 2. The number of carbonyl (C=O) groups excluding carboxylic acids is 1. The number of thiocarbonyl (C=S) groups is 1. The van der Waals surface area contributed by atoms with Gasteiger partial charge in [0.15, 0.2) is 0 Å². The van der Waals surface area contributed by atoms with Gasteiger partial charge in [-0.3, -0.25) is 23.9 Å². The van der Waals surface area contributed by atoms with Gasteiger partial charge in [-0.05, 0) is 31.5 Å². The van der Waals surface area contributed by atoms with Crippen LogP contribution in [0.15, 0.2) is 9.70 Å². The number of hydrogen-bond acceptors (Lipinski definition) is 8. The Hall–Kier alpha value is -2.68. The number of carboxylic acids is 1. The number of nitrogens with zero attached hydrogens (tertiary/aromatic N) is 5. The van der Waals surface area contributed by atoms with Crippen molar-refractivity contribution in [2.75, 3.05) is 44.2 Å². The SMILES string of the molecule is CCN1CCN(c2c(/C=C3\SC(=S)N(CCCC(=O)O)C3=O)c(C)c(C#N)c(=O)n2C)CC1. The van der Waals surface area contributed by atoms with Crippen molar-refractivity contribution in [2.45, 2.75) is 26.7 Å². The third kappa shape index (κ3) is 5.13. The van der Waals surface area contributed by atoms with Crippen LogP contribution in [0.25, 0.3) is 6.08 Å². The Kier molecular flexibility index (Phi) is 7.94. The summed E-state index contributed by atoms with van der Waals surface area (Å²) in [6.45, 7) is 8.19. The summed E-state index contributed by atoms with van der Waals surface area (Å²) in [6, 6.07) is 2.01. The zero-order valence-electron chi connectivity index (χ0n) is 19.0. The average Bonchev–Trinajstić information content (AvgIpc) is 3.05. The smallest absolute Gasteiger partial charge is 0.303 e. The molecule has 1 aromatic rings. The molecule has 0 saturated carbocycles. The fraction of sp³-hybridized carbons (Fsp3) is 0.500. The lowest BCUT2D eigenvalue weighted by atomic mass is 10.0. The van der Waals surface area contributed by atoms with Gasteiger partial charge in [0, 0.05) is 51.8 Å². The number of nitriles is 1. The molecule has 2 aliphatic rings. The molecule has 3 rings (SSSR count). The van der Waals surface area contributed by atoms with Crippen LogP contribution in [-0.2, 0) is 16.6 Å². The summed E-state index contributed by atoms with van der Waals surface area (Å²) >= 11 is 6.51. The third-order valence-electron chi connectivity index (χ3n) is 6.01. The van der Waals surface area contributed by atoms with Gasteiger partial charge in [-0.2, -0.15) is 5.26 Å². The zero-order chi connectivity index (χ0) is 24.3. The van der Waals surface area contributed by atoms with Crippen molar-refractivity contribution in [1.29, 1.82) is 5.26 Å². The van der Waals surface area contributed by atoms with Gasteiger partial charge in [-0.25, -0.2) is 0 Å². The first kappa shape index (κ1) is 25.0. The summed E-state index contributed by atoms with van der Waals surface area (Å²) in [7, 11) is 1.65. The molecule has 1 aromatic heterocycles. The Morgan fingerprint density at radius 1 is 1.27 bits per heavy atom. The number of piperazine rings is 1. The standard InChI is InChI=1S/C22H27N5O4S2/c1-4-25-8-10-26(11-9-25)19-15(14(2)16(13-23)20(30)24(19)3)12-17-21(31)27(22(32)33-17)7-5-6-18(28)29/h12H,4-11H2,1-3H3,(H,28,29)/b17-12-. The molecule has 0 bridgehead atoms. The van der Waals surface area contributed by atoms with E-state index in [1.807, 2.05) is 6.07 Å². The van der Waals surface area contributed by atoms with Crippen LogP contribution >= 0.6 is 24.0 Å². The molecule has 176 valence electrons. The number of hydrogen-bond donors (Lipinski definition) is 1. The topological polar surface area (TPSA) is 110 Å². The van der Waals surface area contributed by atoms with Gasteiger partial charge < -0.3 is 14.9 Å². The summed E-state index contributed by atoms with van der Waals surface area (Å²) in [5.74, 6) is -0.527. The van der Waals surface area contributed by atoms with E-state index in [4.69, 9.17) is 17.3 Å². The Balaban J connectivity index is 2.02. The Bertz CT molecular complexity index is 1110. The highest BCUT2D eigenvalue weighted by atomic mass is 32.2. The van der Waals surface area contributed by atoms with Gasteiger partial charge in [0.25, 0.3) is 11.5 Å². The maximum Gasteiger partial charge on any atom is 0.303 e. The second-order valence-corrected chi connectivity index (χ2v) is 9.64. The minimum atomic E-state index is -0.923. The van der Waals surface area contributed by atoms with Crippen LogP contribution < -0.4 is 10.5 Å². The van der Waals surface area contributed by atoms with E-state index >= 15 is 0 Å². The zero-order valence-corrected chi connectivity index (χ0v) is 20.6. The molecule has 2 saturated heterocycles. The molecule has 33 heavy (non-hydrogen) atoms. The molecule has 1 N–H and O–H groups in total. The van der Waals surface area contributed by atoms with E-state index in [0.717, 1.165) is 44.5 Å². The molecule has 11 heteroatoms. The molecule has 0 unspecified atom stereocenters. The summed E-state index contributed by atoms with van der Waals surface area (Å²) in [4.78, 5) is 43.0. The highest BCUT2D eigenvalue weighted by molar-refractivity contribution is 8.26. The van der Waals surface area contributed by atoms with Gasteiger partial charge >= 0.3 is 5.97 Å². The molecule has 0 aromatic carbocycles. The van der Waals surface area contributed by atoms with Gasteiger partial charge in [0.05, 0.1) is 4.91 Å². The molecule has 0 radical (unpaired) electrons. The largest absolute Gasteiger partial charge is 0.481 e. The molecule has 9 nitrogen and oxygen atoms in total.